The molecule has 0 saturated carbocycles. The Hall–Kier alpha value is -3.10. The Morgan fingerprint density at radius 3 is 2.59 bits per heavy atom. The van der Waals surface area contributed by atoms with Crippen molar-refractivity contribution < 1.29 is 14.3 Å². The summed E-state index contributed by atoms with van der Waals surface area (Å²) >= 11 is 0. The second kappa shape index (κ2) is 7.06. The number of carbonyl (C=O) groups is 1. The van der Waals surface area contributed by atoms with Gasteiger partial charge in [-0.25, -0.2) is 14.8 Å². The topological polar surface area (TPSA) is 108 Å². The number of aromatic nitrogens is 4. The van der Waals surface area contributed by atoms with E-state index in [1.807, 2.05) is 39.0 Å². The fourth-order valence-corrected chi connectivity index (χ4v) is 3.63. The summed E-state index contributed by atoms with van der Waals surface area (Å²) in [5, 5.41) is 5.45. The molecule has 0 spiro atoms. The van der Waals surface area contributed by atoms with Crippen LogP contribution in [0.3, 0.4) is 0 Å². The molecule has 2 N–H and O–H groups in total. The van der Waals surface area contributed by atoms with Gasteiger partial charge in [0.15, 0.2) is 11.5 Å². The molecule has 0 unspecified atom stereocenters. The van der Waals surface area contributed by atoms with Gasteiger partial charge in [-0.2, -0.15) is 4.52 Å². The van der Waals surface area contributed by atoms with Gasteiger partial charge in [-0.15, -0.1) is 5.10 Å². The maximum Gasteiger partial charge on any atom is 0.410 e. The number of ether oxygens (including phenoxy) is 2. The minimum Gasteiger partial charge on any atom is -0.494 e. The molecule has 154 valence electrons. The Kier molecular flexibility index (Phi) is 4.68. The standard InChI is InChI=1S/C20H26N6O3/c1-20(2,3)29-19(27)25-10-8-12(9-11-25)16-23-17-13-6-5-7-14(28-4)15(13)22-18(21)26(17)24-16/h5-7,12H,8-11H2,1-4H3,(H2,21,22). The number of carbonyl (C=O) groups excluding carboxylic acids is 1. The molecule has 0 radical (unpaired) electrons. The van der Waals surface area contributed by atoms with Crippen molar-refractivity contribution in [3.8, 4) is 5.75 Å². The highest BCUT2D eigenvalue weighted by atomic mass is 16.6. The minimum absolute atomic E-state index is 0.147. The predicted octanol–water partition coefficient (Wildman–Crippen LogP) is 2.98. The van der Waals surface area contributed by atoms with Crippen LogP contribution in [0.5, 0.6) is 5.75 Å². The van der Waals surface area contributed by atoms with E-state index in [1.165, 1.54) is 0 Å². The molecular weight excluding hydrogens is 372 g/mol. The molecule has 0 atom stereocenters. The number of para-hydroxylation sites is 1. The molecule has 1 aliphatic heterocycles. The summed E-state index contributed by atoms with van der Waals surface area (Å²) in [7, 11) is 1.60. The van der Waals surface area contributed by atoms with Gasteiger partial charge in [0.1, 0.15) is 16.9 Å². The second-order valence-corrected chi connectivity index (χ2v) is 8.27. The molecular formula is C20H26N6O3. The Labute approximate surface area is 168 Å². The highest BCUT2D eigenvalue weighted by molar-refractivity contribution is 5.95. The zero-order valence-corrected chi connectivity index (χ0v) is 17.2. The van der Waals surface area contributed by atoms with Crippen molar-refractivity contribution in [3.05, 3.63) is 24.0 Å². The summed E-state index contributed by atoms with van der Waals surface area (Å²) in [6.45, 7) is 6.83. The van der Waals surface area contributed by atoms with E-state index in [2.05, 4.69) is 10.1 Å². The molecule has 4 rings (SSSR count). The van der Waals surface area contributed by atoms with Crippen LogP contribution >= 0.6 is 0 Å². The average molecular weight is 398 g/mol. The van der Waals surface area contributed by atoms with Gasteiger partial charge >= 0.3 is 6.09 Å². The van der Waals surface area contributed by atoms with E-state index < -0.39 is 5.60 Å². The smallest absolute Gasteiger partial charge is 0.410 e. The maximum absolute atomic E-state index is 12.3. The molecule has 1 aliphatic rings. The van der Waals surface area contributed by atoms with Gasteiger partial charge in [0, 0.05) is 24.4 Å². The van der Waals surface area contributed by atoms with Crippen LogP contribution in [-0.4, -0.2) is 56.4 Å². The lowest BCUT2D eigenvalue weighted by molar-refractivity contribution is 0.0203. The number of nitrogen functional groups attached to an aromatic ring is 1. The summed E-state index contributed by atoms with van der Waals surface area (Å²) in [6, 6.07) is 5.67. The quantitative estimate of drug-likeness (QED) is 0.707. The molecule has 2 aromatic heterocycles. The molecule has 9 nitrogen and oxygen atoms in total. The molecule has 3 aromatic rings. The third-order valence-corrected chi connectivity index (χ3v) is 5.04. The SMILES string of the molecule is COc1cccc2c1nc(N)n1nc(C3CCN(C(=O)OC(C)(C)C)CC3)nc21. The number of anilines is 1. The molecule has 1 saturated heterocycles. The fraction of sp³-hybridized carbons (Fsp3) is 0.500. The van der Waals surface area contributed by atoms with Crippen LogP contribution in [0.4, 0.5) is 10.7 Å². The van der Waals surface area contributed by atoms with Crippen LogP contribution in [0.1, 0.15) is 45.4 Å². The van der Waals surface area contributed by atoms with Gasteiger partial charge in [0.25, 0.3) is 0 Å². The summed E-state index contributed by atoms with van der Waals surface area (Å²) in [5.74, 6) is 1.78. The summed E-state index contributed by atoms with van der Waals surface area (Å²) in [6.07, 6.45) is 1.26. The Balaban J connectivity index is 1.59. The molecule has 29 heavy (non-hydrogen) atoms. The van der Waals surface area contributed by atoms with E-state index in [1.54, 1.807) is 16.5 Å². The lowest BCUT2D eigenvalue weighted by atomic mass is 9.96. The highest BCUT2D eigenvalue weighted by Crippen LogP contribution is 2.31. The number of benzene rings is 1. The first kappa shape index (κ1) is 19.2. The van der Waals surface area contributed by atoms with Crippen molar-refractivity contribution in [2.75, 3.05) is 25.9 Å². The van der Waals surface area contributed by atoms with E-state index in [0.29, 0.717) is 30.0 Å². The third-order valence-electron chi connectivity index (χ3n) is 5.04. The lowest BCUT2D eigenvalue weighted by Gasteiger charge is -2.32. The number of nitrogens with zero attached hydrogens (tertiary/aromatic N) is 5. The number of methoxy groups -OCH3 is 1. The number of rotatable bonds is 2. The maximum atomic E-state index is 12.3. The van der Waals surface area contributed by atoms with Crippen LogP contribution in [0, 0.1) is 0 Å². The first-order valence-electron chi connectivity index (χ1n) is 9.73. The van der Waals surface area contributed by atoms with E-state index >= 15 is 0 Å². The van der Waals surface area contributed by atoms with Gasteiger partial charge in [-0.1, -0.05) is 6.07 Å². The molecule has 3 heterocycles. The normalized spacial score (nSPS) is 15.8. The Bertz CT molecular complexity index is 1060. The van der Waals surface area contributed by atoms with Crippen LogP contribution in [0.15, 0.2) is 18.2 Å². The van der Waals surface area contributed by atoms with Gasteiger partial charge in [-0.3, -0.25) is 0 Å². The van der Waals surface area contributed by atoms with E-state index in [-0.39, 0.29) is 18.0 Å². The summed E-state index contributed by atoms with van der Waals surface area (Å²) < 4.78 is 12.4. The van der Waals surface area contributed by atoms with E-state index in [0.717, 1.165) is 24.1 Å². The van der Waals surface area contributed by atoms with Gasteiger partial charge in [0.05, 0.1) is 7.11 Å². The third kappa shape index (κ3) is 3.64. The van der Waals surface area contributed by atoms with Crippen molar-refractivity contribution in [2.45, 2.75) is 45.1 Å². The number of nitrogens with two attached hydrogens (primary N) is 1. The molecule has 1 fully saturated rings. The molecule has 0 bridgehead atoms. The monoisotopic (exact) mass is 398 g/mol. The summed E-state index contributed by atoms with van der Waals surface area (Å²) in [4.78, 5) is 23.2. The predicted molar refractivity (Wildman–Crippen MR) is 109 cm³/mol. The lowest BCUT2D eigenvalue weighted by Crippen LogP contribution is -2.41. The molecule has 9 heteroatoms. The van der Waals surface area contributed by atoms with Crippen molar-refractivity contribution in [2.24, 2.45) is 0 Å². The number of piperidine rings is 1. The zero-order valence-electron chi connectivity index (χ0n) is 17.2. The van der Waals surface area contributed by atoms with Crippen LogP contribution in [0.25, 0.3) is 16.6 Å². The zero-order chi connectivity index (χ0) is 20.8. The fourth-order valence-electron chi connectivity index (χ4n) is 3.63. The van der Waals surface area contributed by atoms with E-state index in [9.17, 15) is 4.79 Å². The van der Waals surface area contributed by atoms with Crippen LogP contribution in [-0.2, 0) is 4.74 Å². The van der Waals surface area contributed by atoms with E-state index in [4.69, 9.17) is 20.2 Å². The highest BCUT2D eigenvalue weighted by Gasteiger charge is 2.29. The van der Waals surface area contributed by atoms with Crippen LogP contribution in [0.2, 0.25) is 0 Å². The second-order valence-electron chi connectivity index (χ2n) is 8.27. The van der Waals surface area contributed by atoms with Crippen molar-refractivity contribution in [1.82, 2.24) is 24.5 Å². The number of hydrogen-bond donors (Lipinski definition) is 1. The van der Waals surface area contributed by atoms with Gasteiger partial charge in [0.2, 0.25) is 5.95 Å². The Morgan fingerprint density at radius 1 is 1.21 bits per heavy atom. The number of likely N-dealkylation sites (tertiary alicyclic amines) is 1. The number of hydrogen-bond acceptors (Lipinski definition) is 7. The largest absolute Gasteiger partial charge is 0.494 e. The van der Waals surface area contributed by atoms with Gasteiger partial charge in [-0.05, 0) is 45.7 Å². The summed E-state index contributed by atoms with van der Waals surface area (Å²) in [5.41, 5.74) is 6.97. The number of amides is 1. The average Bonchev–Trinajstić information content (AvgIpc) is 3.13. The molecule has 0 aliphatic carbocycles. The van der Waals surface area contributed by atoms with Crippen molar-refractivity contribution >= 4 is 28.6 Å². The minimum atomic E-state index is -0.496. The number of fused-ring (bicyclic) bond motifs is 3. The first-order chi connectivity index (χ1) is 13.8. The van der Waals surface area contributed by atoms with Crippen molar-refractivity contribution in [1.29, 1.82) is 0 Å². The van der Waals surface area contributed by atoms with Crippen LogP contribution < -0.4 is 10.5 Å². The van der Waals surface area contributed by atoms with Gasteiger partial charge < -0.3 is 20.1 Å². The van der Waals surface area contributed by atoms with Crippen molar-refractivity contribution in [3.63, 3.8) is 0 Å². The first-order valence-corrected chi connectivity index (χ1v) is 9.73. The Morgan fingerprint density at radius 2 is 1.93 bits per heavy atom. The molecule has 1 amide bonds. The molecule has 1 aromatic carbocycles.